The molecule has 0 heterocycles. The molecule has 0 aromatic heterocycles. The van der Waals surface area contributed by atoms with Crippen LogP contribution in [0.15, 0.2) is 23.8 Å². The van der Waals surface area contributed by atoms with Crippen LogP contribution >= 0.6 is 0 Å². The van der Waals surface area contributed by atoms with E-state index in [0.717, 1.165) is 32.1 Å². The molecule has 4 aliphatic carbocycles. The maximum atomic E-state index is 11.9. The number of fused-ring (bicyclic) bond motifs is 5. The number of ketones is 1. The van der Waals surface area contributed by atoms with E-state index in [9.17, 15) is 14.7 Å². The van der Waals surface area contributed by atoms with E-state index in [4.69, 9.17) is 0 Å². The van der Waals surface area contributed by atoms with Gasteiger partial charge in [0, 0.05) is 5.41 Å². The molecule has 0 aromatic rings. The van der Waals surface area contributed by atoms with Gasteiger partial charge in [-0.1, -0.05) is 32.4 Å². The molecule has 1 N–H and O–H groups in total. The number of carboxylic acid groups (broad SMARTS) is 1. The second-order valence-corrected chi connectivity index (χ2v) is 9.18. The number of allylic oxidation sites excluding steroid dienone is 4. The van der Waals surface area contributed by atoms with Crippen molar-refractivity contribution >= 4 is 11.8 Å². The van der Waals surface area contributed by atoms with Crippen molar-refractivity contribution in [1.82, 2.24) is 0 Å². The fraction of sp³-hybridized carbons (Fsp3) is 0.714. The molecule has 1 unspecified atom stereocenters. The third kappa shape index (κ3) is 1.96. The summed E-state index contributed by atoms with van der Waals surface area (Å²) in [6.45, 7) is 6.67. The second-order valence-electron chi connectivity index (χ2n) is 9.18. The lowest BCUT2D eigenvalue weighted by molar-refractivity contribution is -0.150. The molecule has 0 radical (unpaired) electrons. The summed E-state index contributed by atoms with van der Waals surface area (Å²) < 4.78 is 0. The minimum Gasteiger partial charge on any atom is -0.481 e. The van der Waals surface area contributed by atoms with E-state index in [2.05, 4.69) is 26.8 Å². The van der Waals surface area contributed by atoms with Gasteiger partial charge in [0.05, 0.1) is 5.92 Å². The van der Waals surface area contributed by atoms with Crippen LogP contribution in [0.1, 0.15) is 52.9 Å². The summed E-state index contributed by atoms with van der Waals surface area (Å²) in [7, 11) is 0. The van der Waals surface area contributed by atoms with Crippen LogP contribution in [0.3, 0.4) is 0 Å². The average Bonchev–Trinajstić information content (AvgIpc) is 2.78. The summed E-state index contributed by atoms with van der Waals surface area (Å²) in [5, 5.41) is 9.79. The Bertz CT molecular complexity index is 660. The molecule has 7 atom stereocenters. The van der Waals surface area contributed by atoms with Gasteiger partial charge >= 0.3 is 5.97 Å². The molecule has 0 aliphatic heterocycles. The zero-order chi connectivity index (χ0) is 17.3. The van der Waals surface area contributed by atoms with E-state index in [-0.39, 0.29) is 28.4 Å². The summed E-state index contributed by atoms with van der Waals surface area (Å²) in [4.78, 5) is 23.7. The first-order valence-electron chi connectivity index (χ1n) is 9.44. The van der Waals surface area contributed by atoms with Gasteiger partial charge in [-0.15, -0.1) is 0 Å². The molecule has 4 aliphatic rings. The second kappa shape index (κ2) is 5.06. The largest absolute Gasteiger partial charge is 0.481 e. The molecule has 3 saturated carbocycles. The Hall–Kier alpha value is -1.38. The van der Waals surface area contributed by atoms with Crippen molar-refractivity contribution < 1.29 is 14.7 Å². The van der Waals surface area contributed by atoms with E-state index in [0.29, 0.717) is 17.8 Å². The first-order chi connectivity index (χ1) is 11.3. The monoisotopic (exact) mass is 328 g/mol. The Kier molecular flexibility index (Phi) is 3.40. The molecule has 3 nitrogen and oxygen atoms in total. The van der Waals surface area contributed by atoms with Gasteiger partial charge < -0.3 is 5.11 Å². The smallest absolute Gasteiger partial charge is 0.307 e. The number of hydrogen-bond acceptors (Lipinski definition) is 2. The van der Waals surface area contributed by atoms with Crippen molar-refractivity contribution in [3.63, 3.8) is 0 Å². The molecule has 0 aromatic carbocycles. The minimum absolute atomic E-state index is 0.00268. The number of carboxylic acids is 1. The number of aliphatic carboxylic acids is 1. The Morgan fingerprint density at radius 1 is 1.25 bits per heavy atom. The SMILES string of the molecule is CC1C[C@H]2[C@@H]3CCC4=CC(=O)C=C[C@]4(C)[C@H]3CC[C@]2(C)[C@H]1C(=O)O. The number of hydrogen-bond donors (Lipinski definition) is 1. The Labute approximate surface area is 144 Å². The predicted octanol–water partition coefficient (Wildman–Crippen LogP) is 4.24. The van der Waals surface area contributed by atoms with Crippen molar-refractivity contribution in [2.24, 2.45) is 40.4 Å². The van der Waals surface area contributed by atoms with E-state index < -0.39 is 5.97 Å². The lowest BCUT2D eigenvalue weighted by Gasteiger charge is -2.56. The highest BCUT2D eigenvalue weighted by molar-refractivity contribution is 6.01. The van der Waals surface area contributed by atoms with Crippen LogP contribution in [0.25, 0.3) is 0 Å². The molecule has 4 rings (SSSR count). The maximum absolute atomic E-state index is 11.9. The van der Waals surface area contributed by atoms with Crippen molar-refractivity contribution in [3.05, 3.63) is 23.8 Å². The summed E-state index contributed by atoms with van der Waals surface area (Å²) in [6.07, 6.45) is 11.0. The fourth-order valence-corrected chi connectivity index (χ4v) is 7.09. The highest BCUT2D eigenvalue weighted by atomic mass is 16.4. The predicted molar refractivity (Wildman–Crippen MR) is 92.3 cm³/mol. The molecule has 0 saturated heterocycles. The zero-order valence-electron chi connectivity index (χ0n) is 14.9. The van der Waals surface area contributed by atoms with Gasteiger partial charge in [-0.25, -0.2) is 0 Å². The van der Waals surface area contributed by atoms with Gasteiger partial charge in [-0.3, -0.25) is 9.59 Å². The fourth-order valence-electron chi connectivity index (χ4n) is 7.09. The number of carbonyl (C=O) groups excluding carboxylic acids is 1. The van der Waals surface area contributed by atoms with Gasteiger partial charge in [-0.05, 0) is 73.3 Å². The van der Waals surface area contributed by atoms with Gasteiger partial charge in [0.1, 0.15) is 0 Å². The summed E-state index contributed by atoms with van der Waals surface area (Å²) in [5.74, 6) is 1.26. The molecule has 0 bridgehead atoms. The van der Waals surface area contributed by atoms with Crippen molar-refractivity contribution in [2.45, 2.75) is 52.9 Å². The van der Waals surface area contributed by atoms with Gasteiger partial charge in [0.2, 0.25) is 0 Å². The van der Waals surface area contributed by atoms with Crippen LogP contribution in [-0.2, 0) is 9.59 Å². The third-order valence-corrected chi connectivity index (χ3v) is 8.17. The van der Waals surface area contributed by atoms with Gasteiger partial charge in [-0.2, -0.15) is 0 Å². The maximum Gasteiger partial charge on any atom is 0.307 e. The lowest BCUT2D eigenvalue weighted by Crippen LogP contribution is -2.50. The summed E-state index contributed by atoms with van der Waals surface area (Å²) in [5.41, 5.74) is 1.25. The Morgan fingerprint density at radius 3 is 2.71 bits per heavy atom. The van der Waals surface area contributed by atoms with E-state index in [1.54, 1.807) is 6.08 Å². The van der Waals surface area contributed by atoms with Crippen LogP contribution in [0.4, 0.5) is 0 Å². The Balaban J connectivity index is 1.70. The molecule has 3 heteroatoms. The van der Waals surface area contributed by atoms with Gasteiger partial charge in [0.15, 0.2) is 5.78 Å². The van der Waals surface area contributed by atoms with Crippen LogP contribution in [0.5, 0.6) is 0 Å². The lowest BCUT2D eigenvalue weighted by atomic mass is 9.48. The molecule has 24 heavy (non-hydrogen) atoms. The highest BCUT2D eigenvalue weighted by Gasteiger charge is 2.61. The van der Waals surface area contributed by atoms with E-state index >= 15 is 0 Å². The first kappa shape index (κ1) is 16.1. The standard InChI is InChI=1S/C21H28O3/c1-12-10-17-15-5-4-13-11-14(22)6-8-20(13,2)16(15)7-9-21(17,3)18(12)19(23)24/h6,8,11-12,15-18H,4-5,7,9-10H2,1-3H3,(H,23,24)/t12?,15-,16+,17+,18-,20+,21+/m1/s1. The average molecular weight is 328 g/mol. The Morgan fingerprint density at radius 2 is 2.00 bits per heavy atom. The van der Waals surface area contributed by atoms with E-state index in [1.165, 1.54) is 5.57 Å². The molecule has 130 valence electrons. The van der Waals surface area contributed by atoms with Crippen molar-refractivity contribution in [3.8, 4) is 0 Å². The van der Waals surface area contributed by atoms with Crippen LogP contribution in [-0.4, -0.2) is 16.9 Å². The van der Waals surface area contributed by atoms with Crippen molar-refractivity contribution in [2.75, 3.05) is 0 Å². The van der Waals surface area contributed by atoms with Crippen LogP contribution in [0, 0.1) is 40.4 Å². The molecule has 0 amide bonds. The van der Waals surface area contributed by atoms with E-state index in [1.807, 2.05) is 6.08 Å². The summed E-state index contributed by atoms with van der Waals surface area (Å²) in [6, 6.07) is 0. The van der Waals surface area contributed by atoms with Crippen LogP contribution in [0.2, 0.25) is 0 Å². The van der Waals surface area contributed by atoms with Gasteiger partial charge in [0.25, 0.3) is 0 Å². The zero-order valence-corrected chi connectivity index (χ0v) is 14.9. The van der Waals surface area contributed by atoms with Crippen molar-refractivity contribution in [1.29, 1.82) is 0 Å². The first-order valence-corrected chi connectivity index (χ1v) is 9.44. The molecule has 0 spiro atoms. The normalized spacial score (nSPS) is 49.9. The molecule has 3 fully saturated rings. The molecular weight excluding hydrogens is 300 g/mol. The highest BCUT2D eigenvalue weighted by Crippen LogP contribution is 2.67. The molecular formula is C21H28O3. The van der Waals surface area contributed by atoms with Crippen LogP contribution < -0.4 is 0 Å². The number of rotatable bonds is 1. The number of carbonyl (C=O) groups is 2. The topological polar surface area (TPSA) is 54.4 Å². The quantitative estimate of drug-likeness (QED) is 0.783. The third-order valence-electron chi connectivity index (χ3n) is 8.17. The summed E-state index contributed by atoms with van der Waals surface area (Å²) >= 11 is 0. The minimum atomic E-state index is -0.600.